The van der Waals surface area contributed by atoms with Crippen molar-refractivity contribution in [2.75, 3.05) is 5.32 Å². The molecule has 0 aliphatic heterocycles. The van der Waals surface area contributed by atoms with Crippen molar-refractivity contribution in [1.82, 2.24) is 4.98 Å². The number of anilines is 1. The number of pyridine rings is 1. The maximum absolute atomic E-state index is 12.1. The van der Waals surface area contributed by atoms with Gasteiger partial charge in [-0.1, -0.05) is 23.7 Å². The predicted molar refractivity (Wildman–Crippen MR) is 89.7 cm³/mol. The molecule has 5 nitrogen and oxygen atoms in total. The van der Waals surface area contributed by atoms with Gasteiger partial charge >= 0.3 is 0 Å². The molecular formula is C16H12ClN3O2S. The Balaban J connectivity index is 1.67. The zero-order valence-corrected chi connectivity index (χ0v) is 13.5. The second kappa shape index (κ2) is 6.76. The Bertz CT molecular complexity index is 833. The lowest BCUT2D eigenvalue weighted by molar-refractivity contribution is -0.605. The quantitative estimate of drug-likeness (QED) is 0.582. The van der Waals surface area contributed by atoms with Crippen LogP contribution in [0.1, 0.15) is 20.8 Å². The second-order valence-corrected chi connectivity index (χ2v) is 6.39. The van der Waals surface area contributed by atoms with Gasteiger partial charge < -0.3 is 5.21 Å². The first-order chi connectivity index (χ1) is 11.1. The van der Waals surface area contributed by atoms with Crippen molar-refractivity contribution < 1.29 is 9.52 Å². The van der Waals surface area contributed by atoms with E-state index in [1.165, 1.54) is 29.8 Å². The predicted octanol–water partition coefficient (Wildman–Crippen LogP) is 3.27. The number of nitrogens with zero attached hydrogens (tertiary/aromatic N) is 2. The molecule has 3 rings (SSSR count). The fourth-order valence-corrected chi connectivity index (χ4v) is 2.98. The molecule has 7 heteroatoms. The molecule has 3 aromatic rings. The number of rotatable bonds is 4. The Morgan fingerprint density at radius 3 is 2.83 bits per heavy atom. The highest BCUT2D eigenvalue weighted by molar-refractivity contribution is 7.15. The minimum absolute atomic E-state index is 0.289. The van der Waals surface area contributed by atoms with Gasteiger partial charge in [0.1, 0.15) is 5.56 Å². The van der Waals surface area contributed by atoms with Crippen LogP contribution < -0.4 is 10.0 Å². The van der Waals surface area contributed by atoms with Crippen molar-refractivity contribution in [1.29, 1.82) is 0 Å². The Kier molecular flexibility index (Phi) is 4.55. The lowest BCUT2D eigenvalue weighted by Crippen LogP contribution is -2.27. The van der Waals surface area contributed by atoms with Crippen LogP contribution in [0.15, 0.2) is 55.0 Å². The number of thiazole rings is 1. The molecule has 0 unspecified atom stereocenters. The van der Waals surface area contributed by atoms with Gasteiger partial charge in [0.2, 0.25) is 0 Å². The molecule has 1 aromatic carbocycles. The van der Waals surface area contributed by atoms with Crippen LogP contribution >= 0.6 is 22.9 Å². The van der Waals surface area contributed by atoms with Crippen LogP contribution in [0.5, 0.6) is 0 Å². The van der Waals surface area contributed by atoms with Crippen LogP contribution in [0.25, 0.3) is 0 Å². The van der Waals surface area contributed by atoms with E-state index in [1.54, 1.807) is 12.3 Å². The van der Waals surface area contributed by atoms with Crippen LogP contribution in [0, 0.1) is 5.21 Å². The number of amides is 1. The molecule has 1 N–H and O–H groups in total. The summed E-state index contributed by atoms with van der Waals surface area (Å²) in [7, 11) is 0. The zero-order valence-electron chi connectivity index (χ0n) is 11.9. The highest BCUT2D eigenvalue weighted by Gasteiger charge is 2.11. The third kappa shape index (κ3) is 4.06. The molecule has 2 aromatic heterocycles. The monoisotopic (exact) mass is 345 g/mol. The molecule has 0 saturated carbocycles. The average molecular weight is 346 g/mol. The Morgan fingerprint density at radius 2 is 2.09 bits per heavy atom. The molecule has 0 bridgehead atoms. The van der Waals surface area contributed by atoms with Gasteiger partial charge in [-0.25, -0.2) is 4.98 Å². The van der Waals surface area contributed by atoms with Crippen molar-refractivity contribution in [3.63, 3.8) is 0 Å². The first kappa shape index (κ1) is 15.5. The lowest BCUT2D eigenvalue weighted by atomic mass is 10.1. The van der Waals surface area contributed by atoms with Crippen LogP contribution in [-0.2, 0) is 6.42 Å². The molecular weight excluding hydrogens is 334 g/mol. The van der Waals surface area contributed by atoms with E-state index in [2.05, 4.69) is 10.3 Å². The fraction of sp³-hybridized carbons (Fsp3) is 0.0625. The maximum atomic E-state index is 12.1. The maximum Gasteiger partial charge on any atom is 0.263 e. The van der Waals surface area contributed by atoms with Crippen molar-refractivity contribution in [3.8, 4) is 0 Å². The summed E-state index contributed by atoms with van der Waals surface area (Å²) in [4.78, 5) is 17.3. The highest BCUT2D eigenvalue weighted by atomic mass is 35.5. The summed E-state index contributed by atoms with van der Waals surface area (Å²) in [6.45, 7) is 0. The molecule has 0 radical (unpaired) electrons. The number of carbonyl (C=O) groups is 1. The Hall–Kier alpha value is -2.44. The highest BCUT2D eigenvalue weighted by Crippen LogP contribution is 2.22. The number of nitrogens with one attached hydrogen (secondary N) is 1. The number of carbonyl (C=O) groups excluding carboxylic acids is 1. The van der Waals surface area contributed by atoms with Crippen LogP contribution in [0.2, 0.25) is 5.02 Å². The molecule has 0 fully saturated rings. The Labute approximate surface area is 141 Å². The van der Waals surface area contributed by atoms with E-state index in [-0.39, 0.29) is 11.5 Å². The standard InChI is InChI=1S/C16H12ClN3O2S/c17-13-5-3-11(4-6-13)8-14-9-18-16(23-14)19-15(21)12-2-1-7-20(22)10-12/h1-7,9-10H,8H2,(H,18,19,21). The minimum Gasteiger partial charge on any atom is -0.619 e. The minimum atomic E-state index is -0.359. The number of aromatic nitrogens is 2. The largest absolute Gasteiger partial charge is 0.619 e. The van der Waals surface area contributed by atoms with Gasteiger partial charge in [0.15, 0.2) is 17.5 Å². The summed E-state index contributed by atoms with van der Waals surface area (Å²) >= 11 is 7.26. The van der Waals surface area contributed by atoms with Crippen LogP contribution in [0.4, 0.5) is 5.13 Å². The summed E-state index contributed by atoms with van der Waals surface area (Å²) in [5.41, 5.74) is 1.41. The van der Waals surface area contributed by atoms with Crippen LogP contribution in [-0.4, -0.2) is 10.9 Å². The molecule has 23 heavy (non-hydrogen) atoms. The molecule has 0 spiro atoms. The summed E-state index contributed by atoms with van der Waals surface area (Å²) in [6.07, 6.45) is 4.99. The molecule has 0 atom stereocenters. The van der Waals surface area contributed by atoms with Crippen molar-refractivity contribution in [2.45, 2.75) is 6.42 Å². The summed E-state index contributed by atoms with van der Waals surface area (Å²) in [5.74, 6) is -0.359. The summed E-state index contributed by atoms with van der Waals surface area (Å²) < 4.78 is 0.586. The lowest BCUT2D eigenvalue weighted by Gasteiger charge is -2.01. The molecule has 1 amide bonds. The van der Waals surface area contributed by atoms with E-state index in [1.807, 2.05) is 24.3 Å². The van der Waals surface area contributed by atoms with Gasteiger partial charge in [-0.3, -0.25) is 10.1 Å². The number of halogens is 1. The molecule has 0 aliphatic carbocycles. The van der Waals surface area contributed by atoms with Gasteiger partial charge in [-0.2, -0.15) is 4.73 Å². The van der Waals surface area contributed by atoms with E-state index >= 15 is 0 Å². The van der Waals surface area contributed by atoms with E-state index in [0.29, 0.717) is 14.9 Å². The Morgan fingerprint density at radius 1 is 1.30 bits per heavy atom. The van der Waals surface area contributed by atoms with E-state index in [9.17, 15) is 10.0 Å². The van der Waals surface area contributed by atoms with E-state index in [4.69, 9.17) is 11.6 Å². The van der Waals surface area contributed by atoms with Gasteiger partial charge in [-0.05, 0) is 23.8 Å². The third-order valence-corrected chi connectivity index (χ3v) is 4.27. The smallest absolute Gasteiger partial charge is 0.263 e. The van der Waals surface area contributed by atoms with Gasteiger partial charge in [0, 0.05) is 28.6 Å². The van der Waals surface area contributed by atoms with Gasteiger partial charge in [0.05, 0.1) is 0 Å². The number of benzene rings is 1. The molecule has 116 valence electrons. The number of hydrogen-bond donors (Lipinski definition) is 1. The molecule has 0 aliphatic rings. The third-order valence-electron chi connectivity index (χ3n) is 3.10. The normalized spacial score (nSPS) is 10.5. The summed E-state index contributed by atoms with van der Waals surface area (Å²) in [5, 5.41) is 15.1. The first-order valence-electron chi connectivity index (χ1n) is 6.79. The van der Waals surface area contributed by atoms with Crippen LogP contribution in [0.3, 0.4) is 0 Å². The fourth-order valence-electron chi connectivity index (χ4n) is 2.01. The first-order valence-corrected chi connectivity index (χ1v) is 7.99. The molecule has 0 saturated heterocycles. The topological polar surface area (TPSA) is 68.9 Å². The summed E-state index contributed by atoms with van der Waals surface area (Å²) in [6, 6.07) is 10.7. The van der Waals surface area contributed by atoms with Gasteiger partial charge in [0.25, 0.3) is 5.91 Å². The SMILES string of the molecule is O=C(Nc1ncc(Cc2ccc(Cl)cc2)s1)c1ccc[n+]([O-])c1. The van der Waals surface area contributed by atoms with Crippen molar-refractivity contribution >= 4 is 34.0 Å². The van der Waals surface area contributed by atoms with E-state index < -0.39 is 0 Å². The second-order valence-electron chi connectivity index (χ2n) is 4.84. The number of hydrogen-bond acceptors (Lipinski definition) is 4. The average Bonchev–Trinajstić information content (AvgIpc) is 2.96. The van der Waals surface area contributed by atoms with Gasteiger partial charge in [-0.15, -0.1) is 11.3 Å². The van der Waals surface area contributed by atoms with Crippen molar-refractivity contribution in [2.24, 2.45) is 0 Å². The zero-order chi connectivity index (χ0) is 16.2. The molecule has 2 heterocycles. The van der Waals surface area contributed by atoms with E-state index in [0.717, 1.165) is 16.9 Å². The van der Waals surface area contributed by atoms with Crippen molar-refractivity contribution in [3.05, 3.63) is 81.2 Å².